The third-order valence-electron chi connectivity index (χ3n) is 3.36. The molecular weight excluding hydrogens is 274 g/mol. The smallest absolute Gasteiger partial charge is 0.358 e. The van der Waals surface area contributed by atoms with Crippen molar-refractivity contribution in [1.82, 2.24) is 24.1 Å². The van der Waals surface area contributed by atoms with Crippen molar-refractivity contribution in [2.24, 2.45) is 7.05 Å². The van der Waals surface area contributed by atoms with E-state index in [0.29, 0.717) is 13.1 Å². The molecule has 3 rings (SSSR count). The molecule has 0 aliphatic carbocycles. The number of aromatic carboxylic acids is 1. The van der Waals surface area contributed by atoms with Gasteiger partial charge in [-0.3, -0.25) is 9.13 Å². The highest BCUT2D eigenvalue weighted by molar-refractivity contribution is 5.84. The third-order valence-corrected chi connectivity index (χ3v) is 3.36. The molecule has 0 unspecified atom stereocenters. The zero-order valence-corrected chi connectivity index (χ0v) is 11.3. The first-order valence-corrected chi connectivity index (χ1v) is 6.35. The summed E-state index contributed by atoms with van der Waals surface area (Å²) in [6.07, 6.45) is 1.35. The molecule has 2 heterocycles. The molecule has 0 spiro atoms. The van der Waals surface area contributed by atoms with E-state index in [9.17, 15) is 9.59 Å². The quantitative estimate of drug-likeness (QED) is 0.746. The fourth-order valence-corrected chi connectivity index (χ4v) is 2.29. The van der Waals surface area contributed by atoms with Crippen LogP contribution >= 0.6 is 0 Å². The van der Waals surface area contributed by atoms with E-state index in [1.54, 1.807) is 16.2 Å². The second kappa shape index (κ2) is 4.89. The topological polar surface area (TPSA) is 94.9 Å². The molecular formula is C13H13N5O3. The maximum absolute atomic E-state index is 12.2. The fraction of sp³-hybridized carbons (Fsp3) is 0.231. The van der Waals surface area contributed by atoms with Crippen LogP contribution in [0.1, 0.15) is 10.5 Å². The predicted octanol–water partition coefficient (Wildman–Crippen LogP) is 0.330. The van der Waals surface area contributed by atoms with Crippen LogP contribution in [0.5, 0.6) is 0 Å². The van der Waals surface area contributed by atoms with Gasteiger partial charge in [0.1, 0.15) is 0 Å². The minimum atomic E-state index is -1.12. The number of nitrogens with zero attached hydrogens (tertiary/aromatic N) is 5. The first-order valence-electron chi connectivity index (χ1n) is 6.35. The Hall–Kier alpha value is -2.90. The molecule has 8 nitrogen and oxygen atoms in total. The maximum atomic E-state index is 12.2. The van der Waals surface area contributed by atoms with Crippen LogP contribution in [-0.2, 0) is 20.1 Å². The van der Waals surface area contributed by atoms with Crippen LogP contribution in [-0.4, -0.2) is 35.2 Å². The number of hydrogen-bond acceptors (Lipinski definition) is 4. The van der Waals surface area contributed by atoms with Gasteiger partial charge in [0.25, 0.3) is 0 Å². The van der Waals surface area contributed by atoms with Crippen LogP contribution < -0.4 is 5.69 Å². The Bertz CT molecular complexity index is 873. The summed E-state index contributed by atoms with van der Waals surface area (Å²) in [5, 5.41) is 16.1. The lowest BCUT2D eigenvalue weighted by atomic mass is 10.3. The van der Waals surface area contributed by atoms with Gasteiger partial charge in [0.15, 0.2) is 5.69 Å². The molecule has 0 radical (unpaired) electrons. The van der Waals surface area contributed by atoms with E-state index in [0.717, 1.165) is 11.0 Å². The van der Waals surface area contributed by atoms with E-state index < -0.39 is 5.97 Å². The second-order valence-corrected chi connectivity index (χ2v) is 4.65. The van der Waals surface area contributed by atoms with Crippen molar-refractivity contribution in [1.29, 1.82) is 0 Å². The Morgan fingerprint density at radius 3 is 2.62 bits per heavy atom. The zero-order chi connectivity index (χ0) is 15.0. The lowest BCUT2D eigenvalue weighted by Gasteiger charge is -2.02. The average Bonchev–Trinajstić information content (AvgIpc) is 3.04. The van der Waals surface area contributed by atoms with Crippen LogP contribution in [0.25, 0.3) is 11.0 Å². The number of carboxylic acid groups (broad SMARTS) is 1. The summed E-state index contributed by atoms with van der Waals surface area (Å²) < 4.78 is 4.63. The highest BCUT2D eigenvalue weighted by Crippen LogP contribution is 2.11. The lowest BCUT2D eigenvalue weighted by Crippen LogP contribution is -2.24. The van der Waals surface area contributed by atoms with Crippen molar-refractivity contribution >= 4 is 17.0 Å². The molecule has 108 valence electrons. The molecule has 0 amide bonds. The van der Waals surface area contributed by atoms with Gasteiger partial charge in [0.2, 0.25) is 0 Å². The number of imidazole rings is 1. The van der Waals surface area contributed by atoms with Gasteiger partial charge in [-0.25, -0.2) is 14.3 Å². The molecule has 2 aromatic heterocycles. The van der Waals surface area contributed by atoms with Gasteiger partial charge in [-0.2, -0.15) is 0 Å². The monoisotopic (exact) mass is 287 g/mol. The van der Waals surface area contributed by atoms with E-state index in [4.69, 9.17) is 5.11 Å². The van der Waals surface area contributed by atoms with Crippen molar-refractivity contribution in [2.75, 3.05) is 0 Å². The Kier molecular flexibility index (Phi) is 3.05. The number of fused-ring (bicyclic) bond motifs is 1. The summed E-state index contributed by atoms with van der Waals surface area (Å²) in [6.45, 7) is 0.761. The Labute approximate surface area is 118 Å². The summed E-state index contributed by atoms with van der Waals surface area (Å²) >= 11 is 0. The molecule has 1 aromatic carbocycles. The highest BCUT2D eigenvalue weighted by Gasteiger charge is 2.11. The van der Waals surface area contributed by atoms with E-state index in [2.05, 4.69) is 10.3 Å². The number of carbonyl (C=O) groups is 1. The number of aryl methyl sites for hydroxylation is 3. The van der Waals surface area contributed by atoms with Crippen molar-refractivity contribution in [3.8, 4) is 0 Å². The first kappa shape index (κ1) is 13.1. The van der Waals surface area contributed by atoms with Gasteiger partial charge in [-0.15, -0.1) is 5.10 Å². The third kappa shape index (κ3) is 2.20. The molecule has 0 bridgehead atoms. The predicted molar refractivity (Wildman–Crippen MR) is 74.2 cm³/mol. The van der Waals surface area contributed by atoms with Gasteiger partial charge in [0.05, 0.1) is 23.8 Å². The van der Waals surface area contributed by atoms with E-state index in [1.165, 1.54) is 10.9 Å². The normalized spacial score (nSPS) is 11.1. The molecule has 0 saturated carbocycles. The van der Waals surface area contributed by atoms with Crippen LogP contribution in [0.15, 0.2) is 35.3 Å². The fourth-order valence-electron chi connectivity index (χ4n) is 2.29. The number of rotatable bonds is 4. The van der Waals surface area contributed by atoms with Crippen LogP contribution in [0, 0.1) is 0 Å². The Morgan fingerprint density at radius 1 is 1.24 bits per heavy atom. The van der Waals surface area contributed by atoms with Gasteiger partial charge in [0, 0.05) is 13.6 Å². The highest BCUT2D eigenvalue weighted by atomic mass is 16.4. The molecule has 3 aromatic rings. The molecule has 0 fully saturated rings. The number of aromatic nitrogens is 5. The minimum absolute atomic E-state index is 0.111. The van der Waals surface area contributed by atoms with Gasteiger partial charge in [-0.1, -0.05) is 17.3 Å². The summed E-state index contributed by atoms with van der Waals surface area (Å²) in [5.41, 5.74) is 1.46. The van der Waals surface area contributed by atoms with Crippen molar-refractivity contribution in [3.05, 3.63) is 46.6 Å². The van der Waals surface area contributed by atoms with Crippen molar-refractivity contribution < 1.29 is 9.90 Å². The van der Waals surface area contributed by atoms with Gasteiger partial charge >= 0.3 is 11.7 Å². The molecule has 0 aliphatic rings. The Balaban J connectivity index is 1.90. The van der Waals surface area contributed by atoms with Crippen LogP contribution in [0.4, 0.5) is 0 Å². The molecule has 0 atom stereocenters. The zero-order valence-electron chi connectivity index (χ0n) is 11.3. The van der Waals surface area contributed by atoms with Crippen LogP contribution in [0.2, 0.25) is 0 Å². The molecule has 21 heavy (non-hydrogen) atoms. The summed E-state index contributed by atoms with van der Waals surface area (Å²) in [6, 6.07) is 7.50. The van der Waals surface area contributed by atoms with E-state index in [1.807, 2.05) is 24.3 Å². The number of carboxylic acids is 1. The van der Waals surface area contributed by atoms with Crippen molar-refractivity contribution in [3.63, 3.8) is 0 Å². The minimum Gasteiger partial charge on any atom is -0.476 e. The maximum Gasteiger partial charge on any atom is 0.358 e. The molecule has 8 heteroatoms. The number of para-hydroxylation sites is 2. The molecule has 0 aliphatic heterocycles. The summed E-state index contributed by atoms with van der Waals surface area (Å²) in [4.78, 5) is 23.0. The van der Waals surface area contributed by atoms with Gasteiger partial charge in [-0.05, 0) is 12.1 Å². The molecule has 1 N–H and O–H groups in total. The lowest BCUT2D eigenvalue weighted by molar-refractivity contribution is 0.0690. The van der Waals surface area contributed by atoms with Gasteiger partial charge < -0.3 is 5.11 Å². The SMILES string of the molecule is Cn1c(=O)n(CCn2cc(C(=O)O)nn2)c2ccccc21. The Morgan fingerprint density at radius 2 is 1.95 bits per heavy atom. The first-order chi connectivity index (χ1) is 10.1. The number of hydrogen-bond donors (Lipinski definition) is 1. The summed E-state index contributed by atoms with van der Waals surface area (Å²) in [7, 11) is 1.72. The van der Waals surface area contributed by atoms with E-state index in [-0.39, 0.29) is 11.4 Å². The standard InChI is InChI=1S/C13H13N5O3/c1-16-10-4-2-3-5-11(10)18(13(16)21)7-6-17-8-9(12(19)20)14-15-17/h2-5,8H,6-7H2,1H3,(H,19,20). The average molecular weight is 287 g/mol. The largest absolute Gasteiger partial charge is 0.476 e. The molecule has 0 saturated heterocycles. The second-order valence-electron chi connectivity index (χ2n) is 4.65. The van der Waals surface area contributed by atoms with E-state index >= 15 is 0 Å². The summed E-state index contributed by atoms with van der Waals surface area (Å²) in [5.74, 6) is -1.12. The number of benzene rings is 1. The van der Waals surface area contributed by atoms with Crippen LogP contribution in [0.3, 0.4) is 0 Å². The van der Waals surface area contributed by atoms with Crippen molar-refractivity contribution in [2.45, 2.75) is 13.1 Å².